The van der Waals surface area contributed by atoms with E-state index < -0.39 is 0 Å². The molecule has 1 fully saturated rings. The second-order valence-corrected chi connectivity index (χ2v) is 5.11. The van der Waals surface area contributed by atoms with Gasteiger partial charge in [-0.15, -0.1) is 0 Å². The summed E-state index contributed by atoms with van der Waals surface area (Å²) in [5, 5.41) is 7.03. The van der Waals surface area contributed by atoms with Crippen molar-refractivity contribution in [2.75, 3.05) is 26.3 Å². The summed E-state index contributed by atoms with van der Waals surface area (Å²) < 4.78 is 5.50. The molecule has 1 rings (SSSR count). The quantitative estimate of drug-likeness (QED) is 0.658. The Labute approximate surface area is 94.0 Å². The zero-order valence-corrected chi connectivity index (χ0v) is 10.4. The monoisotopic (exact) mass is 214 g/mol. The van der Waals surface area contributed by atoms with Crippen LogP contribution in [0, 0.1) is 0 Å². The molecule has 0 aromatic heterocycles. The molecule has 1 atom stereocenters. The lowest BCUT2D eigenvalue weighted by atomic mass is 9.95. The summed E-state index contributed by atoms with van der Waals surface area (Å²) in [7, 11) is 0. The molecule has 1 saturated heterocycles. The van der Waals surface area contributed by atoms with E-state index >= 15 is 0 Å². The largest absolute Gasteiger partial charge is 0.380 e. The molecule has 0 bridgehead atoms. The molecule has 3 nitrogen and oxygen atoms in total. The molecule has 0 aromatic carbocycles. The highest BCUT2D eigenvalue weighted by molar-refractivity contribution is 4.85. The first-order chi connectivity index (χ1) is 7.12. The molecule has 1 aliphatic heterocycles. The topological polar surface area (TPSA) is 33.3 Å². The second-order valence-electron chi connectivity index (χ2n) is 5.11. The number of hydrogen-bond donors (Lipinski definition) is 2. The van der Waals surface area contributed by atoms with Crippen molar-refractivity contribution in [3.63, 3.8) is 0 Å². The number of nitrogens with one attached hydrogen (secondary N) is 2. The van der Waals surface area contributed by atoms with Gasteiger partial charge in [-0.05, 0) is 39.3 Å². The Balaban J connectivity index is 2.03. The first-order valence-corrected chi connectivity index (χ1v) is 6.18. The molecular formula is C12H26N2O. The fourth-order valence-corrected chi connectivity index (χ4v) is 1.94. The van der Waals surface area contributed by atoms with Gasteiger partial charge >= 0.3 is 0 Å². The smallest absolute Gasteiger partial charge is 0.0645 e. The van der Waals surface area contributed by atoms with Crippen LogP contribution in [0.3, 0.4) is 0 Å². The normalized spacial score (nSPS) is 27.2. The van der Waals surface area contributed by atoms with Gasteiger partial charge in [0.2, 0.25) is 0 Å². The van der Waals surface area contributed by atoms with Gasteiger partial charge in [-0.3, -0.25) is 0 Å². The minimum atomic E-state index is 0.218. The summed E-state index contributed by atoms with van der Waals surface area (Å²) in [6, 6.07) is 0.596. The summed E-state index contributed by atoms with van der Waals surface area (Å²) in [6.45, 7) is 10.6. The molecule has 2 N–H and O–H groups in total. The molecule has 0 aliphatic carbocycles. The van der Waals surface area contributed by atoms with Crippen LogP contribution in [0.15, 0.2) is 0 Å². The Bertz CT molecular complexity index is 165. The molecule has 90 valence electrons. The Hall–Kier alpha value is -0.120. The molecule has 1 unspecified atom stereocenters. The van der Waals surface area contributed by atoms with Crippen molar-refractivity contribution in [1.82, 2.24) is 10.6 Å². The number of ether oxygens (including phenoxy) is 1. The predicted octanol–water partition coefficient (Wildman–Crippen LogP) is 1.53. The van der Waals surface area contributed by atoms with Gasteiger partial charge in [-0.25, -0.2) is 0 Å². The van der Waals surface area contributed by atoms with E-state index in [9.17, 15) is 0 Å². The highest BCUT2D eigenvalue weighted by atomic mass is 16.5. The summed E-state index contributed by atoms with van der Waals surface area (Å²) in [5.41, 5.74) is 0.218. The fourth-order valence-electron chi connectivity index (χ4n) is 1.94. The van der Waals surface area contributed by atoms with E-state index in [4.69, 9.17) is 4.74 Å². The van der Waals surface area contributed by atoms with Crippen molar-refractivity contribution in [2.45, 2.75) is 51.6 Å². The van der Waals surface area contributed by atoms with E-state index in [0.29, 0.717) is 6.04 Å². The van der Waals surface area contributed by atoms with Crippen LogP contribution in [0.1, 0.15) is 40.0 Å². The summed E-state index contributed by atoms with van der Waals surface area (Å²) in [6.07, 6.45) is 3.62. The zero-order chi connectivity index (χ0) is 11.1. The molecule has 15 heavy (non-hydrogen) atoms. The first kappa shape index (κ1) is 12.9. The van der Waals surface area contributed by atoms with Crippen LogP contribution in [0.4, 0.5) is 0 Å². The highest BCUT2D eigenvalue weighted by Crippen LogP contribution is 2.17. The highest BCUT2D eigenvalue weighted by Gasteiger charge is 2.26. The molecule has 0 amide bonds. The van der Waals surface area contributed by atoms with Crippen molar-refractivity contribution < 1.29 is 4.74 Å². The predicted molar refractivity (Wildman–Crippen MR) is 64.2 cm³/mol. The summed E-state index contributed by atoms with van der Waals surface area (Å²) in [5.74, 6) is 0. The first-order valence-electron chi connectivity index (χ1n) is 6.18. The van der Waals surface area contributed by atoms with Gasteiger partial charge in [0.05, 0.1) is 6.61 Å². The van der Waals surface area contributed by atoms with Crippen LogP contribution in [0.2, 0.25) is 0 Å². The average Bonchev–Trinajstić information content (AvgIpc) is 2.17. The van der Waals surface area contributed by atoms with Gasteiger partial charge in [0.15, 0.2) is 0 Å². The van der Waals surface area contributed by atoms with E-state index in [-0.39, 0.29) is 5.54 Å². The van der Waals surface area contributed by atoms with Crippen molar-refractivity contribution in [3.8, 4) is 0 Å². The van der Waals surface area contributed by atoms with Gasteiger partial charge in [-0.2, -0.15) is 0 Å². The third-order valence-corrected chi connectivity index (χ3v) is 2.90. The second kappa shape index (κ2) is 6.46. The van der Waals surface area contributed by atoms with Gasteiger partial charge in [0, 0.05) is 18.2 Å². The van der Waals surface area contributed by atoms with E-state index in [1.807, 2.05) is 0 Å². The van der Waals surface area contributed by atoms with Crippen LogP contribution < -0.4 is 10.6 Å². The minimum Gasteiger partial charge on any atom is -0.380 e. The standard InChI is InChI=1S/C12H26N2O/c1-11(2)13-7-5-8-14-12(3)6-4-9-15-10-12/h11,13-14H,4-10H2,1-3H3. The fraction of sp³-hybridized carbons (Fsp3) is 1.00. The van der Waals surface area contributed by atoms with Crippen LogP contribution in [0.25, 0.3) is 0 Å². The third kappa shape index (κ3) is 5.50. The Morgan fingerprint density at radius 1 is 1.33 bits per heavy atom. The van der Waals surface area contributed by atoms with Crippen LogP contribution >= 0.6 is 0 Å². The molecule has 1 heterocycles. The molecule has 0 spiro atoms. The lowest BCUT2D eigenvalue weighted by Gasteiger charge is -2.34. The molecule has 0 aromatic rings. The third-order valence-electron chi connectivity index (χ3n) is 2.90. The van der Waals surface area contributed by atoms with E-state index in [0.717, 1.165) is 26.3 Å². The summed E-state index contributed by atoms with van der Waals surface area (Å²) in [4.78, 5) is 0. The SMILES string of the molecule is CC(C)NCCCNC1(C)CCCOC1. The van der Waals surface area contributed by atoms with Crippen molar-refractivity contribution in [3.05, 3.63) is 0 Å². The maximum Gasteiger partial charge on any atom is 0.0645 e. The Kier molecular flexibility index (Phi) is 5.58. The van der Waals surface area contributed by atoms with Gasteiger partial charge in [0.1, 0.15) is 0 Å². The van der Waals surface area contributed by atoms with E-state index in [1.54, 1.807) is 0 Å². The number of hydrogen-bond acceptors (Lipinski definition) is 3. The van der Waals surface area contributed by atoms with Crippen molar-refractivity contribution in [1.29, 1.82) is 0 Å². The molecule has 0 saturated carbocycles. The molecule has 0 radical (unpaired) electrons. The number of rotatable bonds is 6. The minimum absolute atomic E-state index is 0.218. The molecular weight excluding hydrogens is 188 g/mol. The van der Waals surface area contributed by atoms with Gasteiger partial charge < -0.3 is 15.4 Å². The maximum absolute atomic E-state index is 5.50. The zero-order valence-electron chi connectivity index (χ0n) is 10.4. The van der Waals surface area contributed by atoms with Gasteiger partial charge in [-0.1, -0.05) is 13.8 Å². The Morgan fingerprint density at radius 3 is 2.73 bits per heavy atom. The van der Waals surface area contributed by atoms with Crippen molar-refractivity contribution >= 4 is 0 Å². The maximum atomic E-state index is 5.50. The van der Waals surface area contributed by atoms with Crippen LogP contribution in [-0.4, -0.2) is 37.9 Å². The lowest BCUT2D eigenvalue weighted by molar-refractivity contribution is 0.0286. The summed E-state index contributed by atoms with van der Waals surface area (Å²) >= 11 is 0. The lowest BCUT2D eigenvalue weighted by Crippen LogP contribution is -2.49. The van der Waals surface area contributed by atoms with Crippen LogP contribution in [-0.2, 0) is 4.74 Å². The van der Waals surface area contributed by atoms with E-state index in [1.165, 1.54) is 19.3 Å². The Morgan fingerprint density at radius 2 is 2.13 bits per heavy atom. The molecule has 3 heteroatoms. The van der Waals surface area contributed by atoms with Crippen LogP contribution in [0.5, 0.6) is 0 Å². The van der Waals surface area contributed by atoms with Crippen molar-refractivity contribution in [2.24, 2.45) is 0 Å². The average molecular weight is 214 g/mol. The van der Waals surface area contributed by atoms with Gasteiger partial charge in [0.25, 0.3) is 0 Å². The molecule has 1 aliphatic rings. The van der Waals surface area contributed by atoms with E-state index in [2.05, 4.69) is 31.4 Å².